The van der Waals surface area contributed by atoms with E-state index in [2.05, 4.69) is 21.6 Å². The number of methoxy groups -OCH3 is 1. The minimum absolute atomic E-state index is 0.0600. The summed E-state index contributed by atoms with van der Waals surface area (Å²) in [6, 6.07) is 7.97. The fraction of sp³-hybridized carbons (Fsp3) is 0.467. The number of benzene rings is 1. The number of hydroxylamine groups is 1. The van der Waals surface area contributed by atoms with Gasteiger partial charge in [-0.05, 0) is 30.9 Å². The van der Waals surface area contributed by atoms with Crippen molar-refractivity contribution >= 4 is 28.1 Å². The number of nitrogens with zero attached hydrogens (tertiary/aromatic N) is 1. The summed E-state index contributed by atoms with van der Waals surface area (Å²) in [4.78, 5) is 29.0. The summed E-state index contributed by atoms with van der Waals surface area (Å²) in [5, 5.41) is 0. The normalized spacial score (nSPS) is 17.7. The molecule has 0 saturated carbocycles. The van der Waals surface area contributed by atoms with Crippen LogP contribution in [0.25, 0.3) is 0 Å². The third-order valence-corrected chi connectivity index (χ3v) is 4.41. The molecule has 6 nitrogen and oxygen atoms in total. The second-order valence-electron chi connectivity index (χ2n) is 5.12. The Bertz CT molecular complexity index is 504. The van der Waals surface area contributed by atoms with Gasteiger partial charge >= 0.3 is 11.9 Å². The van der Waals surface area contributed by atoms with Crippen LogP contribution in [0.15, 0.2) is 30.3 Å². The van der Waals surface area contributed by atoms with Crippen LogP contribution in [-0.2, 0) is 14.4 Å². The molecule has 0 amide bonds. The van der Waals surface area contributed by atoms with Crippen LogP contribution in [-0.4, -0.2) is 42.1 Å². The highest BCUT2D eigenvalue weighted by molar-refractivity contribution is 9.07. The number of nitrogens with one attached hydrogen (secondary N) is 1. The van der Waals surface area contributed by atoms with E-state index in [1.165, 1.54) is 7.11 Å². The molecule has 1 aromatic carbocycles. The number of hydrogen-bond acceptors (Lipinski definition) is 6. The summed E-state index contributed by atoms with van der Waals surface area (Å²) < 4.78 is 6.83. The van der Waals surface area contributed by atoms with E-state index in [0.717, 1.165) is 25.9 Å². The standard InChI is InChI=1S/C15H19BrN2O4/c1-21-15(20)13(11-7-9-18(16)10-8-11)17-22-14(19)12-5-3-2-4-6-12/h2-6,11,13,17H,7-10H2,1H3. The van der Waals surface area contributed by atoms with Gasteiger partial charge in [0.1, 0.15) is 6.04 Å². The van der Waals surface area contributed by atoms with E-state index < -0.39 is 18.0 Å². The number of piperidine rings is 1. The second-order valence-corrected chi connectivity index (χ2v) is 6.12. The van der Waals surface area contributed by atoms with E-state index >= 15 is 0 Å². The molecular formula is C15H19BrN2O4. The van der Waals surface area contributed by atoms with Crippen LogP contribution in [0.4, 0.5) is 0 Å². The largest absolute Gasteiger partial charge is 0.468 e. The molecule has 1 aromatic rings. The van der Waals surface area contributed by atoms with Gasteiger partial charge in [0.25, 0.3) is 0 Å². The van der Waals surface area contributed by atoms with Crippen molar-refractivity contribution in [3.8, 4) is 0 Å². The summed E-state index contributed by atoms with van der Waals surface area (Å²) in [5.74, 6) is -0.883. The average molecular weight is 371 g/mol. The zero-order chi connectivity index (χ0) is 15.9. The highest BCUT2D eigenvalue weighted by Crippen LogP contribution is 2.23. The Morgan fingerprint density at radius 1 is 1.27 bits per heavy atom. The molecule has 0 bridgehead atoms. The lowest BCUT2D eigenvalue weighted by molar-refractivity contribution is -0.148. The van der Waals surface area contributed by atoms with Crippen molar-refractivity contribution in [1.29, 1.82) is 0 Å². The van der Waals surface area contributed by atoms with Crippen molar-refractivity contribution in [2.45, 2.75) is 18.9 Å². The Kier molecular flexibility index (Phi) is 6.35. The highest BCUT2D eigenvalue weighted by atomic mass is 79.9. The predicted molar refractivity (Wildman–Crippen MR) is 84.0 cm³/mol. The first kappa shape index (κ1) is 16.9. The van der Waals surface area contributed by atoms with Crippen LogP contribution in [0.2, 0.25) is 0 Å². The smallest absolute Gasteiger partial charge is 0.356 e. The van der Waals surface area contributed by atoms with Gasteiger partial charge in [0.2, 0.25) is 0 Å². The summed E-state index contributed by atoms with van der Waals surface area (Å²) in [6.07, 6.45) is 1.61. The molecule has 1 heterocycles. The molecule has 7 heteroatoms. The lowest BCUT2D eigenvalue weighted by Gasteiger charge is -2.31. The summed E-state index contributed by atoms with van der Waals surface area (Å²) in [7, 11) is 1.33. The Morgan fingerprint density at radius 2 is 1.91 bits per heavy atom. The molecular weight excluding hydrogens is 352 g/mol. The van der Waals surface area contributed by atoms with E-state index in [1.54, 1.807) is 24.3 Å². The van der Waals surface area contributed by atoms with Gasteiger partial charge in [-0.1, -0.05) is 18.2 Å². The maximum atomic E-state index is 11.9. The van der Waals surface area contributed by atoms with Gasteiger partial charge in [-0.25, -0.2) is 8.72 Å². The number of hydrogen-bond donors (Lipinski definition) is 1. The lowest BCUT2D eigenvalue weighted by Crippen LogP contribution is -2.47. The van der Waals surface area contributed by atoms with Crippen LogP contribution in [0, 0.1) is 5.92 Å². The third kappa shape index (κ3) is 4.53. The molecule has 2 rings (SSSR count). The first-order valence-corrected chi connectivity index (χ1v) is 7.83. The SMILES string of the molecule is COC(=O)C(NOC(=O)c1ccccc1)C1CCN(Br)CC1. The molecule has 1 aliphatic heterocycles. The van der Waals surface area contributed by atoms with Crippen LogP contribution in [0.3, 0.4) is 0 Å². The Labute approximate surface area is 138 Å². The Morgan fingerprint density at radius 3 is 2.50 bits per heavy atom. The summed E-state index contributed by atoms with van der Waals surface area (Å²) in [5.41, 5.74) is 3.02. The molecule has 0 radical (unpaired) electrons. The zero-order valence-corrected chi connectivity index (χ0v) is 13.9. The topological polar surface area (TPSA) is 67.9 Å². The van der Waals surface area contributed by atoms with E-state index in [-0.39, 0.29) is 5.92 Å². The van der Waals surface area contributed by atoms with Gasteiger partial charge in [0, 0.05) is 29.2 Å². The van der Waals surface area contributed by atoms with Crippen LogP contribution < -0.4 is 5.48 Å². The number of ether oxygens (including phenoxy) is 1. The van der Waals surface area contributed by atoms with Crippen LogP contribution in [0.1, 0.15) is 23.2 Å². The van der Waals surface area contributed by atoms with E-state index in [1.807, 2.05) is 9.99 Å². The third-order valence-electron chi connectivity index (χ3n) is 3.70. The van der Waals surface area contributed by atoms with Gasteiger partial charge in [-0.2, -0.15) is 0 Å². The lowest BCUT2D eigenvalue weighted by atomic mass is 9.91. The van der Waals surface area contributed by atoms with Crippen molar-refractivity contribution in [1.82, 2.24) is 9.41 Å². The van der Waals surface area contributed by atoms with Crippen molar-refractivity contribution in [3.05, 3.63) is 35.9 Å². The molecule has 0 spiro atoms. The molecule has 1 atom stereocenters. The van der Waals surface area contributed by atoms with Crippen LogP contribution in [0.5, 0.6) is 0 Å². The fourth-order valence-electron chi connectivity index (χ4n) is 2.42. The minimum Gasteiger partial charge on any atom is -0.468 e. The first-order valence-electron chi connectivity index (χ1n) is 7.12. The number of halogens is 1. The Balaban J connectivity index is 1.95. The van der Waals surface area contributed by atoms with Crippen molar-refractivity contribution in [2.75, 3.05) is 20.2 Å². The van der Waals surface area contributed by atoms with Gasteiger partial charge in [-0.15, -0.1) is 5.48 Å². The number of rotatable bonds is 5. The summed E-state index contributed by atoms with van der Waals surface area (Å²) >= 11 is 3.42. The molecule has 0 aliphatic carbocycles. The summed E-state index contributed by atoms with van der Waals surface area (Å²) in [6.45, 7) is 1.65. The van der Waals surface area contributed by atoms with Gasteiger partial charge in [0.05, 0.1) is 12.7 Å². The predicted octanol–water partition coefficient (Wildman–Crippen LogP) is 1.91. The number of esters is 1. The number of carbonyl (C=O) groups is 2. The number of carbonyl (C=O) groups excluding carboxylic acids is 2. The monoisotopic (exact) mass is 370 g/mol. The molecule has 1 saturated heterocycles. The highest BCUT2D eigenvalue weighted by Gasteiger charge is 2.33. The zero-order valence-electron chi connectivity index (χ0n) is 12.3. The maximum Gasteiger partial charge on any atom is 0.356 e. The van der Waals surface area contributed by atoms with Gasteiger partial charge in [-0.3, -0.25) is 4.79 Å². The molecule has 1 aliphatic rings. The Hall–Kier alpha value is -1.44. The first-order chi connectivity index (χ1) is 10.6. The van der Waals surface area contributed by atoms with E-state index in [9.17, 15) is 9.59 Å². The molecule has 1 unspecified atom stereocenters. The molecule has 1 fully saturated rings. The minimum atomic E-state index is -0.654. The average Bonchev–Trinajstić information content (AvgIpc) is 2.56. The van der Waals surface area contributed by atoms with Crippen LogP contribution >= 0.6 is 16.1 Å². The molecule has 0 aromatic heterocycles. The van der Waals surface area contributed by atoms with E-state index in [0.29, 0.717) is 5.56 Å². The fourth-order valence-corrected chi connectivity index (χ4v) is 2.82. The maximum absolute atomic E-state index is 11.9. The van der Waals surface area contributed by atoms with Crippen molar-refractivity contribution in [3.63, 3.8) is 0 Å². The molecule has 120 valence electrons. The second kappa shape index (κ2) is 8.26. The van der Waals surface area contributed by atoms with Gasteiger partial charge in [0.15, 0.2) is 0 Å². The molecule has 22 heavy (non-hydrogen) atoms. The molecule has 1 N–H and O–H groups in total. The quantitative estimate of drug-likeness (QED) is 0.485. The van der Waals surface area contributed by atoms with E-state index in [4.69, 9.17) is 9.57 Å². The van der Waals surface area contributed by atoms with Crippen molar-refractivity contribution in [2.24, 2.45) is 5.92 Å². The van der Waals surface area contributed by atoms with Crippen molar-refractivity contribution < 1.29 is 19.2 Å². The van der Waals surface area contributed by atoms with Gasteiger partial charge < -0.3 is 9.57 Å².